The molecule has 1 aromatic rings. The summed E-state index contributed by atoms with van der Waals surface area (Å²) in [5, 5.41) is 0. The summed E-state index contributed by atoms with van der Waals surface area (Å²) in [5.41, 5.74) is 0. The van der Waals surface area contributed by atoms with Crippen LogP contribution in [0.15, 0.2) is 35.2 Å². The number of alkyl halides is 2. The molecule has 1 aromatic carbocycles. The molecule has 0 aromatic heterocycles. The molecule has 0 N–H and O–H groups in total. The van der Waals surface area contributed by atoms with Crippen LogP contribution in [-0.2, 0) is 0 Å². The van der Waals surface area contributed by atoms with Crippen molar-refractivity contribution in [1.29, 1.82) is 0 Å². The van der Waals surface area contributed by atoms with Crippen molar-refractivity contribution in [2.75, 3.05) is 5.75 Å². The molecule has 0 bridgehead atoms. The molecule has 3 heteroatoms. The second-order valence-electron chi connectivity index (χ2n) is 4.25. The highest BCUT2D eigenvalue weighted by Crippen LogP contribution is 2.33. The zero-order valence-electron chi connectivity index (χ0n) is 9.11. The lowest BCUT2D eigenvalue weighted by molar-refractivity contribution is 0.0913. The summed E-state index contributed by atoms with van der Waals surface area (Å²) in [7, 11) is 0. The molecule has 0 spiro atoms. The van der Waals surface area contributed by atoms with Gasteiger partial charge in [-0.05, 0) is 31.4 Å². The maximum absolute atomic E-state index is 13.5. The Morgan fingerprint density at radius 1 is 1.06 bits per heavy atom. The summed E-state index contributed by atoms with van der Waals surface area (Å²) in [4.78, 5) is 1.09. The Labute approximate surface area is 99.4 Å². The molecule has 0 radical (unpaired) electrons. The van der Waals surface area contributed by atoms with Crippen LogP contribution in [-0.4, -0.2) is 18.1 Å². The molecule has 1 aliphatic rings. The average Bonchev–Trinajstić information content (AvgIpc) is 2.30. The van der Waals surface area contributed by atoms with Gasteiger partial charge in [-0.1, -0.05) is 18.2 Å². The highest BCUT2D eigenvalue weighted by molar-refractivity contribution is 7.99. The molecule has 0 heterocycles. The number of benzene rings is 1. The van der Waals surface area contributed by atoms with Gasteiger partial charge in [0, 0.05) is 16.6 Å². The second kappa shape index (κ2) is 5.67. The van der Waals surface area contributed by atoms with Gasteiger partial charge in [-0.15, -0.1) is 11.8 Å². The first-order chi connectivity index (χ1) is 7.77. The lowest BCUT2D eigenvalue weighted by Crippen LogP contribution is -2.32. The van der Waals surface area contributed by atoms with E-state index >= 15 is 0 Å². The van der Waals surface area contributed by atoms with Crippen LogP contribution in [0.4, 0.5) is 8.78 Å². The first kappa shape index (κ1) is 11.9. The molecule has 2 unspecified atom stereocenters. The van der Waals surface area contributed by atoms with E-state index in [1.54, 1.807) is 11.8 Å². The van der Waals surface area contributed by atoms with Crippen LogP contribution in [0.25, 0.3) is 0 Å². The molecule has 0 amide bonds. The summed E-state index contributed by atoms with van der Waals surface area (Å²) in [5.74, 6) is 0.130. The number of rotatable bonds is 3. The van der Waals surface area contributed by atoms with Crippen LogP contribution >= 0.6 is 11.8 Å². The lowest BCUT2D eigenvalue weighted by atomic mass is 9.87. The predicted octanol–water partition coefficient (Wildman–Crippen LogP) is 4.26. The molecule has 1 saturated carbocycles. The highest BCUT2D eigenvalue weighted by Gasteiger charge is 2.33. The van der Waals surface area contributed by atoms with Gasteiger partial charge in [0.15, 0.2) is 0 Å². The Balaban J connectivity index is 1.89. The van der Waals surface area contributed by atoms with E-state index in [1.165, 1.54) is 0 Å². The zero-order valence-corrected chi connectivity index (χ0v) is 9.93. The van der Waals surface area contributed by atoms with Crippen LogP contribution in [0, 0.1) is 5.92 Å². The fraction of sp³-hybridized carbons (Fsp3) is 0.538. The van der Waals surface area contributed by atoms with Gasteiger partial charge in [0.2, 0.25) is 0 Å². The van der Waals surface area contributed by atoms with Gasteiger partial charge in [0.05, 0.1) is 0 Å². The molecule has 0 aliphatic heterocycles. The maximum Gasteiger partial charge on any atom is 0.106 e. The quantitative estimate of drug-likeness (QED) is 0.714. The largest absolute Gasteiger partial charge is 0.247 e. The first-order valence-corrected chi connectivity index (χ1v) is 6.72. The monoisotopic (exact) mass is 242 g/mol. The summed E-state index contributed by atoms with van der Waals surface area (Å²) >= 11 is 1.55. The van der Waals surface area contributed by atoms with E-state index < -0.39 is 18.3 Å². The molecule has 0 saturated heterocycles. The van der Waals surface area contributed by atoms with E-state index in [0.29, 0.717) is 25.0 Å². The molecule has 0 nitrogen and oxygen atoms in total. The number of hydrogen-bond acceptors (Lipinski definition) is 1. The van der Waals surface area contributed by atoms with Crippen molar-refractivity contribution in [2.45, 2.75) is 36.5 Å². The van der Waals surface area contributed by atoms with Crippen LogP contribution in [0.3, 0.4) is 0 Å². The summed E-state index contributed by atoms with van der Waals surface area (Å²) in [6.07, 6.45) is -0.171. The van der Waals surface area contributed by atoms with E-state index in [0.717, 1.165) is 4.90 Å². The Morgan fingerprint density at radius 3 is 2.31 bits per heavy atom. The Bertz CT molecular complexity index is 305. The van der Waals surface area contributed by atoms with Crippen molar-refractivity contribution in [2.24, 2.45) is 5.92 Å². The van der Waals surface area contributed by atoms with E-state index in [1.807, 2.05) is 30.3 Å². The zero-order chi connectivity index (χ0) is 11.4. The van der Waals surface area contributed by atoms with Crippen LogP contribution in [0.5, 0.6) is 0 Å². The van der Waals surface area contributed by atoms with E-state index in [-0.39, 0.29) is 0 Å². The average molecular weight is 242 g/mol. The minimum atomic E-state index is -0.958. The van der Waals surface area contributed by atoms with Gasteiger partial charge in [-0.25, -0.2) is 8.78 Å². The molecule has 1 aliphatic carbocycles. The van der Waals surface area contributed by atoms with Gasteiger partial charge in [0.25, 0.3) is 0 Å². The maximum atomic E-state index is 13.5. The minimum absolute atomic E-state index is 0.418. The van der Waals surface area contributed by atoms with Crippen LogP contribution < -0.4 is 0 Å². The fourth-order valence-corrected chi connectivity index (χ4v) is 3.23. The standard InChI is InChI=1S/C13H16F2S/c14-12-7-4-8-13(15)11(12)9-16-10-5-2-1-3-6-10/h1-3,5-6,11-13H,4,7-9H2. The predicted molar refractivity (Wildman–Crippen MR) is 64.3 cm³/mol. The molecule has 2 rings (SSSR count). The van der Waals surface area contributed by atoms with Crippen molar-refractivity contribution in [1.82, 2.24) is 0 Å². The normalized spacial score (nSPS) is 30.2. The molecular formula is C13H16F2S. The Hall–Kier alpha value is -0.570. The SMILES string of the molecule is FC1CCCC(F)C1CSc1ccccc1. The summed E-state index contributed by atoms with van der Waals surface area (Å²) < 4.78 is 27.1. The summed E-state index contributed by atoms with van der Waals surface area (Å²) in [6, 6.07) is 9.80. The van der Waals surface area contributed by atoms with Gasteiger partial charge in [-0.3, -0.25) is 0 Å². The van der Waals surface area contributed by atoms with Crippen LogP contribution in [0.2, 0.25) is 0 Å². The number of thioether (sulfide) groups is 1. The van der Waals surface area contributed by atoms with Gasteiger partial charge in [0.1, 0.15) is 12.3 Å². The fourth-order valence-electron chi connectivity index (χ4n) is 2.08. The van der Waals surface area contributed by atoms with Crippen molar-refractivity contribution in [3.05, 3.63) is 30.3 Å². The third kappa shape index (κ3) is 2.97. The van der Waals surface area contributed by atoms with Crippen molar-refractivity contribution in [3.8, 4) is 0 Å². The molecular weight excluding hydrogens is 226 g/mol. The number of halogens is 2. The summed E-state index contributed by atoms with van der Waals surface area (Å²) in [6.45, 7) is 0. The lowest BCUT2D eigenvalue weighted by Gasteiger charge is -2.28. The Kier molecular flexibility index (Phi) is 4.22. The smallest absolute Gasteiger partial charge is 0.106 e. The van der Waals surface area contributed by atoms with Crippen molar-refractivity contribution in [3.63, 3.8) is 0 Å². The van der Waals surface area contributed by atoms with Crippen LogP contribution in [0.1, 0.15) is 19.3 Å². The molecule has 1 fully saturated rings. The number of hydrogen-bond donors (Lipinski definition) is 0. The molecule has 16 heavy (non-hydrogen) atoms. The third-order valence-electron chi connectivity index (χ3n) is 3.07. The highest BCUT2D eigenvalue weighted by atomic mass is 32.2. The van der Waals surface area contributed by atoms with E-state index in [2.05, 4.69) is 0 Å². The topological polar surface area (TPSA) is 0 Å². The van der Waals surface area contributed by atoms with Gasteiger partial charge in [-0.2, -0.15) is 0 Å². The first-order valence-electron chi connectivity index (χ1n) is 5.73. The van der Waals surface area contributed by atoms with Crippen molar-refractivity contribution < 1.29 is 8.78 Å². The van der Waals surface area contributed by atoms with Gasteiger partial charge >= 0.3 is 0 Å². The van der Waals surface area contributed by atoms with Gasteiger partial charge < -0.3 is 0 Å². The van der Waals surface area contributed by atoms with Crippen molar-refractivity contribution >= 4 is 11.8 Å². The Morgan fingerprint density at radius 2 is 1.69 bits per heavy atom. The third-order valence-corrected chi connectivity index (χ3v) is 4.23. The minimum Gasteiger partial charge on any atom is -0.247 e. The van der Waals surface area contributed by atoms with E-state index in [9.17, 15) is 8.78 Å². The molecule has 88 valence electrons. The molecule has 2 atom stereocenters. The second-order valence-corrected chi connectivity index (χ2v) is 5.34. The van der Waals surface area contributed by atoms with E-state index in [4.69, 9.17) is 0 Å².